The first kappa shape index (κ1) is 14.6. The van der Waals surface area contributed by atoms with Gasteiger partial charge in [0.2, 0.25) is 0 Å². The molecule has 4 nitrogen and oxygen atoms in total. The van der Waals surface area contributed by atoms with Crippen LogP contribution in [0.5, 0.6) is 0 Å². The van der Waals surface area contributed by atoms with Crippen molar-refractivity contribution < 1.29 is 13.2 Å². The van der Waals surface area contributed by atoms with Crippen LogP contribution in [0.4, 0.5) is 19.0 Å². The van der Waals surface area contributed by atoms with Crippen molar-refractivity contribution in [2.75, 3.05) is 31.5 Å². The van der Waals surface area contributed by atoms with Crippen molar-refractivity contribution in [1.29, 1.82) is 5.26 Å². The highest BCUT2D eigenvalue weighted by Gasteiger charge is 2.34. The summed E-state index contributed by atoms with van der Waals surface area (Å²) in [6.45, 7) is 0.629. The maximum atomic E-state index is 12.3. The Kier molecular flexibility index (Phi) is 4.45. The molecule has 2 rings (SSSR count). The van der Waals surface area contributed by atoms with E-state index in [1.54, 1.807) is 12.1 Å². The fraction of sp³-hybridized carbons (Fsp3) is 0.538. The van der Waals surface area contributed by atoms with E-state index in [0.717, 1.165) is 6.42 Å². The summed E-state index contributed by atoms with van der Waals surface area (Å²) in [5, 5.41) is 11.8. The van der Waals surface area contributed by atoms with Crippen molar-refractivity contribution in [3.05, 3.63) is 23.9 Å². The normalized spacial score (nSPS) is 19.8. The lowest BCUT2D eigenvalue weighted by Crippen LogP contribution is -2.33. The number of halogens is 3. The number of aromatic nitrogens is 1. The number of hydrogen-bond donors (Lipinski definition) is 1. The third kappa shape index (κ3) is 4.38. The smallest absolute Gasteiger partial charge is 0.370 e. The lowest BCUT2D eigenvalue weighted by Gasteiger charge is -2.18. The molecule has 0 aromatic carbocycles. The van der Waals surface area contributed by atoms with E-state index < -0.39 is 12.7 Å². The Balaban J connectivity index is 1.79. The van der Waals surface area contributed by atoms with Crippen molar-refractivity contribution in [2.45, 2.75) is 12.6 Å². The first-order valence-electron chi connectivity index (χ1n) is 6.35. The second-order valence-corrected chi connectivity index (χ2v) is 4.93. The SMILES string of the molecule is N#Cc1ccnc(NCC2CCN(CC(F)(F)F)C2)c1. The first-order valence-corrected chi connectivity index (χ1v) is 6.35. The van der Waals surface area contributed by atoms with E-state index in [1.807, 2.05) is 6.07 Å². The van der Waals surface area contributed by atoms with Gasteiger partial charge in [0.1, 0.15) is 5.82 Å². The standard InChI is InChI=1S/C13H15F3N4/c14-13(15,16)9-20-4-2-11(8-20)7-19-12-5-10(6-17)1-3-18-12/h1,3,5,11H,2,4,7-9H2,(H,18,19). The van der Waals surface area contributed by atoms with Gasteiger partial charge in [-0.05, 0) is 31.0 Å². The van der Waals surface area contributed by atoms with E-state index in [2.05, 4.69) is 10.3 Å². The predicted molar refractivity (Wildman–Crippen MR) is 68.0 cm³/mol. The average Bonchev–Trinajstić information content (AvgIpc) is 2.82. The van der Waals surface area contributed by atoms with Crippen LogP contribution < -0.4 is 5.32 Å². The summed E-state index contributed by atoms with van der Waals surface area (Å²) in [6.07, 6.45) is -1.86. The van der Waals surface area contributed by atoms with Crippen LogP contribution in [0.3, 0.4) is 0 Å². The largest absolute Gasteiger partial charge is 0.401 e. The second kappa shape index (κ2) is 6.09. The molecule has 1 aliphatic rings. The molecule has 1 N–H and O–H groups in total. The van der Waals surface area contributed by atoms with Crippen molar-refractivity contribution in [2.24, 2.45) is 5.92 Å². The predicted octanol–water partition coefficient (Wildman–Crippen LogP) is 2.25. The Labute approximate surface area is 115 Å². The molecule has 0 bridgehead atoms. The third-order valence-electron chi connectivity index (χ3n) is 3.23. The molecule has 0 amide bonds. The Bertz CT molecular complexity index is 495. The number of anilines is 1. The number of nitrogens with zero attached hydrogens (tertiary/aromatic N) is 3. The van der Waals surface area contributed by atoms with E-state index in [9.17, 15) is 13.2 Å². The lowest BCUT2D eigenvalue weighted by molar-refractivity contribution is -0.143. The summed E-state index contributed by atoms with van der Waals surface area (Å²) in [7, 11) is 0. The maximum Gasteiger partial charge on any atom is 0.401 e. The Morgan fingerprint density at radius 1 is 1.50 bits per heavy atom. The molecule has 0 radical (unpaired) electrons. The van der Waals surface area contributed by atoms with Crippen LogP contribution in [0.2, 0.25) is 0 Å². The fourth-order valence-corrected chi connectivity index (χ4v) is 2.32. The summed E-state index contributed by atoms with van der Waals surface area (Å²) in [5.74, 6) is 0.753. The zero-order chi connectivity index (χ0) is 14.6. The number of rotatable bonds is 4. The number of hydrogen-bond acceptors (Lipinski definition) is 4. The van der Waals surface area contributed by atoms with Gasteiger partial charge in [-0.3, -0.25) is 4.90 Å². The van der Waals surface area contributed by atoms with E-state index >= 15 is 0 Å². The fourth-order valence-electron chi connectivity index (χ4n) is 2.32. The molecule has 1 aliphatic heterocycles. The third-order valence-corrected chi connectivity index (χ3v) is 3.23. The molecule has 0 spiro atoms. The minimum atomic E-state index is -4.13. The van der Waals surface area contributed by atoms with Crippen molar-refractivity contribution in [3.8, 4) is 6.07 Å². The Hall–Kier alpha value is -1.81. The molecular weight excluding hydrogens is 269 g/mol. The van der Waals surface area contributed by atoms with Gasteiger partial charge in [-0.15, -0.1) is 0 Å². The van der Waals surface area contributed by atoms with Gasteiger partial charge in [-0.25, -0.2) is 4.98 Å². The zero-order valence-electron chi connectivity index (χ0n) is 10.8. The van der Waals surface area contributed by atoms with Gasteiger partial charge in [0.25, 0.3) is 0 Å². The van der Waals surface area contributed by atoms with Gasteiger partial charge in [-0.1, -0.05) is 0 Å². The minimum absolute atomic E-state index is 0.171. The zero-order valence-corrected chi connectivity index (χ0v) is 10.8. The quantitative estimate of drug-likeness (QED) is 0.921. The molecule has 7 heteroatoms. The van der Waals surface area contributed by atoms with E-state index in [-0.39, 0.29) is 5.92 Å². The number of pyridine rings is 1. The van der Waals surface area contributed by atoms with Crippen molar-refractivity contribution >= 4 is 5.82 Å². The van der Waals surface area contributed by atoms with Crippen molar-refractivity contribution in [1.82, 2.24) is 9.88 Å². The van der Waals surface area contributed by atoms with Crippen LogP contribution in [-0.4, -0.2) is 42.2 Å². The van der Waals surface area contributed by atoms with E-state index in [4.69, 9.17) is 5.26 Å². The molecule has 1 saturated heterocycles. The van der Waals surface area contributed by atoms with Gasteiger partial charge < -0.3 is 5.32 Å². The van der Waals surface area contributed by atoms with Gasteiger partial charge in [0.15, 0.2) is 0 Å². The van der Waals surface area contributed by atoms with Crippen LogP contribution in [0.25, 0.3) is 0 Å². The molecule has 1 atom stereocenters. The van der Waals surface area contributed by atoms with Gasteiger partial charge in [-0.2, -0.15) is 18.4 Å². The number of nitriles is 1. The number of likely N-dealkylation sites (tertiary alicyclic amines) is 1. The Morgan fingerprint density at radius 3 is 3.00 bits per heavy atom. The van der Waals surface area contributed by atoms with E-state index in [0.29, 0.717) is 31.0 Å². The Morgan fingerprint density at radius 2 is 2.30 bits per heavy atom. The number of nitrogens with one attached hydrogen (secondary N) is 1. The lowest BCUT2D eigenvalue weighted by atomic mass is 10.1. The summed E-state index contributed by atoms with van der Waals surface area (Å²) in [4.78, 5) is 5.49. The van der Waals surface area contributed by atoms with Crippen LogP contribution >= 0.6 is 0 Å². The molecule has 1 aromatic heterocycles. The minimum Gasteiger partial charge on any atom is -0.370 e. The van der Waals surface area contributed by atoms with E-state index in [1.165, 1.54) is 11.1 Å². The molecule has 1 unspecified atom stereocenters. The average molecular weight is 284 g/mol. The molecule has 0 aliphatic carbocycles. The monoisotopic (exact) mass is 284 g/mol. The summed E-state index contributed by atoms with van der Waals surface area (Å²) in [6, 6.07) is 5.25. The van der Waals surface area contributed by atoms with Crippen LogP contribution in [0.15, 0.2) is 18.3 Å². The first-order chi connectivity index (χ1) is 9.46. The van der Waals surface area contributed by atoms with Crippen LogP contribution in [0, 0.1) is 17.2 Å². The molecule has 0 saturated carbocycles. The summed E-state index contributed by atoms with van der Waals surface area (Å²) < 4.78 is 36.8. The highest BCUT2D eigenvalue weighted by Crippen LogP contribution is 2.23. The van der Waals surface area contributed by atoms with Crippen molar-refractivity contribution in [3.63, 3.8) is 0 Å². The van der Waals surface area contributed by atoms with Gasteiger partial charge in [0.05, 0.1) is 18.2 Å². The molecule has 108 valence electrons. The molecule has 1 aromatic rings. The molecule has 1 fully saturated rings. The highest BCUT2D eigenvalue weighted by molar-refractivity contribution is 5.42. The topological polar surface area (TPSA) is 52.0 Å². The van der Waals surface area contributed by atoms with Gasteiger partial charge >= 0.3 is 6.18 Å². The van der Waals surface area contributed by atoms with Crippen LogP contribution in [-0.2, 0) is 0 Å². The summed E-state index contributed by atoms with van der Waals surface area (Å²) in [5.41, 5.74) is 0.507. The second-order valence-electron chi connectivity index (χ2n) is 4.93. The maximum absolute atomic E-state index is 12.3. The molecule has 20 heavy (non-hydrogen) atoms. The van der Waals surface area contributed by atoms with Gasteiger partial charge in [0, 0.05) is 19.3 Å². The van der Waals surface area contributed by atoms with Crippen LogP contribution in [0.1, 0.15) is 12.0 Å². The number of alkyl halides is 3. The highest BCUT2D eigenvalue weighted by atomic mass is 19.4. The molecular formula is C13H15F3N4. The molecule has 2 heterocycles. The summed E-state index contributed by atoms with van der Waals surface area (Å²) >= 11 is 0.